The Morgan fingerprint density at radius 2 is 1.93 bits per heavy atom. The number of urea groups is 1. The quantitative estimate of drug-likeness (QED) is 0.605. The van der Waals surface area contributed by atoms with Gasteiger partial charge < -0.3 is 10.2 Å². The summed E-state index contributed by atoms with van der Waals surface area (Å²) >= 11 is 1.53. The Bertz CT molecular complexity index is 955. The molecule has 0 bridgehead atoms. The van der Waals surface area contributed by atoms with Crippen LogP contribution in [0.4, 0.5) is 10.5 Å². The molecule has 2 aliphatic heterocycles. The van der Waals surface area contributed by atoms with Crippen LogP contribution in [0.2, 0.25) is 0 Å². The summed E-state index contributed by atoms with van der Waals surface area (Å²) in [6, 6.07) is 9.23. The number of hydrogen-bond acceptors (Lipinski definition) is 5. The highest BCUT2D eigenvalue weighted by Crippen LogP contribution is 2.31. The van der Waals surface area contributed by atoms with Crippen LogP contribution in [-0.4, -0.2) is 47.2 Å². The number of benzene rings is 1. The third-order valence-corrected chi connectivity index (χ3v) is 6.23. The number of ketones is 1. The molecule has 1 N–H and O–H groups in total. The highest BCUT2D eigenvalue weighted by molar-refractivity contribution is 7.10. The molecule has 150 valence electrons. The number of piperidine rings is 1. The van der Waals surface area contributed by atoms with Crippen molar-refractivity contribution < 1.29 is 19.2 Å². The summed E-state index contributed by atoms with van der Waals surface area (Å²) in [7, 11) is 0. The number of nitrogens with one attached hydrogen (secondary N) is 1. The van der Waals surface area contributed by atoms with Crippen molar-refractivity contribution in [3.8, 4) is 0 Å². The number of thiophene rings is 1. The number of nitrogens with zero attached hydrogens (tertiary/aromatic N) is 2. The average molecular weight is 411 g/mol. The van der Waals surface area contributed by atoms with Crippen molar-refractivity contribution in [2.45, 2.75) is 38.3 Å². The van der Waals surface area contributed by atoms with Crippen LogP contribution < -0.4 is 10.2 Å². The lowest BCUT2D eigenvalue weighted by Crippen LogP contribution is -2.50. The summed E-state index contributed by atoms with van der Waals surface area (Å²) in [5, 5.41) is 4.93. The second-order valence-corrected chi connectivity index (χ2v) is 8.35. The van der Waals surface area contributed by atoms with Gasteiger partial charge in [0.1, 0.15) is 6.04 Å². The zero-order chi connectivity index (χ0) is 20.5. The van der Waals surface area contributed by atoms with E-state index >= 15 is 0 Å². The van der Waals surface area contributed by atoms with E-state index in [1.807, 2.05) is 17.5 Å². The van der Waals surface area contributed by atoms with Crippen molar-refractivity contribution in [1.29, 1.82) is 0 Å². The molecule has 2 unspecified atom stereocenters. The van der Waals surface area contributed by atoms with E-state index in [1.54, 1.807) is 29.2 Å². The van der Waals surface area contributed by atoms with E-state index in [1.165, 1.54) is 23.2 Å². The van der Waals surface area contributed by atoms with Crippen LogP contribution in [0.25, 0.3) is 0 Å². The van der Waals surface area contributed by atoms with Crippen molar-refractivity contribution in [2.75, 3.05) is 11.4 Å². The lowest BCUT2D eigenvalue weighted by molar-refractivity contribution is -0.124. The molecule has 2 atom stereocenters. The van der Waals surface area contributed by atoms with Gasteiger partial charge in [-0.05, 0) is 55.5 Å². The number of imide groups is 1. The Kier molecular flexibility index (Phi) is 5.19. The molecule has 3 heterocycles. The smallest absolute Gasteiger partial charge is 0.332 e. The summed E-state index contributed by atoms with van der Waals surface area (Å²) < 4.78 is 0. The molecular formula is C21H21N3O4S. The number of fused-ring (bicyclic) bond motifs is 1. The average Bonchev–Trinajstić information content (AvgIpc) is 3.28. The molecule has 0 aliphatic carbocycles. The summed E-state index contributed by atoms with van der Waals surface area (Å²) in [6.07, 6.45) is 1.34. The molecule has 1 aromatic carbocycles. The fraction of sp³-hybridized carbons (Fsp3) is 0.333. The van der Waals surface area contributed by atoms with Gasteiger partial charge in [0, 0.05) is 23.0 Å². The van der Waals surface area contributed by atoms with Gasteiger partial charge in [-0.15, -0.1) is 11.3 Å². The minimum atomic E-state index is -0.573. The lowest BCUT2D eigenvalue weighted by Gasteiger charge is -2.32. The van der Waals surface area contributed by atoms with Crippen LogP contribution in [0, 0.1) is 0 Å². The van der Waals surface area contributed by atoms with Crippen LogP contribution >= 0.6 is 11.3 Å². The number of amides is 4. The zero-order valence-electron chi connectivity index (χ0n) is 16.0. The first-order valence-corrected chi connectivity index (χ1v) is 10.4. The van der Waals surface area contributed by atoms with Crippen molar-refractivity contribution in [1.82, 2.24) is 10.2 Å². The van der Waals surface area contributed by atoms with E-state index < -0.39 is 6.04 Å². The van der Waals surface area contributed by atoms with Crippen molar-refractivity contribution in [3.05, 3.63) is 52.2 Å². The van der Waals surface area contributed by atoms with E-state index in [-0.39, 0.29) is 29.7 Å². The van der Waals surface area contributed by atoms with Gasteiger partial charge in [0.2, 0.25) is 5.91 Å². The molecule has 0 saturated carbocycles. The third kappa shape index (κ3) is 3.80. The van der Waals surface area contributed by atoms with Gasteiger partial charge in [-0.3, -0.25) is 14.4 Å². The number of anilines is 1. The largest absolute Gasteiger partial charge is 0.353 e. The van der Waals surface area contributed by atoms with Crippen molar-refractivity contribution in [3.63, 3.8) is 0 Å². The molecule has 4 amide bonds. The van der Waals surface area contributed by atoms with Crippen LogP contribution in [0.3, 0.4) is 0 Å². The molecule has 8 heteroatoms. The van der Waals surface area contributed by atoms with Crippen molar-refractivity contribution >= 4 is 40.7 Å². The highest BCUT2D eigenvalue weighted by atomic mass is 32.1. The number of carbonyl (C=O) groups is 4. The summed E-state index contributed by atoms with van der Waals surface area (Å²) in [6.45, 7) is 1.88. The standard InChI is InChI=1S/C21H21N3O4S/c1-13(25)14-4-6-16(7-5-14)24-20(27)18-11-15(8-9-23(18)21(24)28)22-19(26)12-17-3-2-10-29-17/h2-7,10,15,18H,8-9,11-12H2,1H3,(H,22,26). The molecule has 0 spiro atoms. The second kappa shape index (κ2) is 7.79. The maximum Gasteiger partial charge on any atom is 0.332 e. The molecule has 2 saturated heterocycles. The molecule has 2 aliphatic rings. The molecule has 2 fully saturated rings. The van der Waals surface area contributed by atoms with Crippen LogP contribution in [0.1, 0.15) is 35.0 Å². The van der Waals surface area contributed by atoms with Gasteiger partial charge in [-0.25, -0.2) is 9.69 Å². The SMILES string of the molecule is CC(=O)c1ccc(N2C(=O)C3CC(NC(=O)Cc4cccs4)CCN3C2=O)cc1. The van der Waals surface area contributed by atoms with E-state index in [0.717, 1.165) is 4.88 Å². The maximum absolute atomic E-state index is 12.9. The maximum atomic E-state index is 12.9. The van der Waals surface area contributed by atoms with E-state index in [2.05, 4.69) is 5.32 Å². The molecule has 0 radical (unpaired) electrons. The number of rotatable bonds is 5. The van der Waals surface area contributed by atoms with Gasteiger partial charge in [0.25, 0.3) is 5.91 Å². The van der Waals surface area contributed by atoms with Crippen LogP contribution in [0.5, 0.6) is 0 Å². The summed E-state index contributed by atoms with van der Waals surface area (Å²) in [5.41, 5.74) is 0.983. The number of carbonyl (C=O) groups excluding carboxylic acids is 4. The summed E-state index contributed by atoms with van der Waals surface area (Å²) in [5.74, 6) is -0.434. The molecule has 7 nitrogen and oxygen atoms in total. The van der Waals surface area contributed by atoms with Gasteiger partial charge >= 0.3 is 6.03 Å². The Labute approximate surface area is 172 Å². The predicted molar refractivity (Wildman–Crippen MR) is 109 cm³/mol. The Balaban J connectivity index is 1.43. The molecule has 29 heavy (non-hydrogen) atoms. The first-order chi connectivity index (χ1) is 13.9. The second-order valence-electron chi connectivity index (χ2n) is 7.31. The van der Waals surface area contributed by atoms with Crippen LogP contribution in [-0.2, 0) is 16.0 Å². The van der Waals surface area contributed by atoms with E-state index in [4.69, 9.17) is 0 Å². The third-order valence-electron chi connectivity index (χ3n) is 5.36. The Hall–Kier alpha value is -3.00. The highest BCUT2D eigenvalue weighted by Gasteiger charge is 2.48. The number of hydrogen-bond donors (Lipinski definition) is 1. The predicted octanol–water partition coefficient (Wildman–Crippen LogP) is 2.61. The fourth-order valence-electron chi connectivity index (χ4n) is 3.86. The Morgan fingerprint density at radius 3 is 2.59 bits per heavy atom. The molecule has 2 aromatic rings. The number of Topliss-reactive ketones (excluding diaryl/α,β-unsaturated/α-hetero) is 1. The fourth-order valence-corrected chi connectivity index (χ4v) is 4.57. The van der Waals surface area contributed by atoms with E-state index in [9.17, 15) is 19.2 Å². The minimum absolute atomic E-state index is 0.0700. The van der Waals surface area contributed by atoms with Crippen molar-refractivity contribution in [2.24, 2.45) is 0 Å². The minimum Gasteiger partial charge on any atom is -0.353 e. The topological polar surface area (TPSA) is 86.8 Å². The molecule has 4 rings (SSSR count). The normalized spacial score (nSPS) is 21.3. The first-order valence-electron chi connectivity index (χ1n) is 9.51. The first kappa shape index (κ1) is 19.3. The molecule has 1 aromatic heterocycles. The Morgan fingerprint density at radius 1 is 1.17 bits per heavy atom. The van der Waals surface area contributed by atoms with Gasteiger partial charge in [-0.2, -0.15) is 0 Å². The van der Waals surface area contributed by atoms with Gasteiger partial charge in [0.15, 0.2) is 5.78 Å². The lowest BCUT2D eigenvalue weighted by atomic mass is 9.97. The van der Waals surface area contributed by atoms with Crippen LogP contribution in [0.15, 0.2) is 41.8 Å². The van der Waals surface area contributed by atoms with Gasteiger partial charge in [-0.1, -0.05) is 6.07 Å². The summed E-state index contributed by atoms with van der Waals surface area (Å²) in [4.78, 5) is 53.2. The zero-order valence-corrected chi connectivity index (χ0v) is 16.8. The van der Waals surface area contributed by atoms with Gasteiger partial charge in [0.05, 0.1) is 12.1 Å². The van der Waals surface area contributed by atoms with E-state index in [0.29, 0.717) is 37.1 Å². The molecular weight excluding hydrogens is 390 g/mol. The monoisotopic (exact) mass is 411 g/mol.